The number of anilines is 1. The molecule has 0 aliphatic carbocycles. The van der Waals surface area contributed by atoms with Crippen LogP contribution >= 0.6 is 11.5 Å². The number of urea groups is 1. The summed E-state index contributed by atoms with van der Waals surface area (Å²) in [4.78, 5) is 21.5. The van der Waals surface area contributed by atoms with E-state index >= 15 is 0 Å². The first-order valence-electron chi connectivity index (χ1n) is 5.22. The number of aromatic nitrogens is 2. The smallest absolute Gasteiger partial charge is 0.319 e. The topological polar surface area (TPSA) is 104 Å². The van der Waals surface area contributed by atoms with E-state index in [0.29, 0.717) is 18.0 Å². The van der Waals surface area contributed by atoms with Gasteiger partial charge in [0.2, 0.25) is 0 Å². The minimum atomic E-state index is -0.784. The highest BCUT2D eigenvalue weighted by Gasteiger charge is 2.02. The molecule has 0 aliphatic rings. The standard InChI is InChI=1S/C9H14N4O3S/c14-8(15)4-2-1-3-5-10-9(16)12-7-6-11-13-17-7/h6H,1-5H2,(H,14,15)(H2,10,12,16). The van der Waals surface area contributed by atoms with Gasteiger partial charge in [-0.1, -0.05) is 10.9 Å². The van der Waals surface area contributed by atoms with Crippen LogP contribution in [-0.4, -0.2) is 33.2 Å². The first-order valence-corrected chi connectivity index (χ1v) is 6.00. The number of unbranched alkanes of at least 4 members (excludes halogenated alkanes) is 2. The maximum Gasteiger partial charge on any atom is 0.319 e. The van der Waals surface area contributed by atoms with Crippen LogP contribution in [0.5, 0.6) is 0 Å². The third-order valence-electron chi connectivity index (χ3n) is 1.95. The number of hydrogen-bond donors (Lipinski definition) is 3. The maximum absolute atomic E-state index is 11.3. The fraction of sp³-hybridized carbons (Fsp3) is 0.556. The fourth-order valence-electron chi connectivity index (χ4n) is 1.16. The van der Waals surface area contributed by atoms with Gasteiger partial charge >= 0.3 is 12.0 Å². The van der Waals surface area contributed by atoms with Gasteiger partial charge in [-0.2, -0.15) is 0 Å². The van der Waals surface area contributed by atoms with E-state index in [-0.39, 0.29) is 12.5 Å². The molecule has 17 heavy (non-hydrogen) atoms. The van der Waals surface area contributed by atoms with Gasteiger partial charge in [-0.3, -0.25) is 10.1 Å². The molecule has 0 spiro atoms. The lowest BCUT2D eigenvalue weighted by atomic mass is 10.2. The largest absolute Gasteiger partial charge is 0.481 e. The van der Waals surface area contributed by atoms with Gasteiger partial charge in [0.05, 0.1) is 6.20 Å². The van der Waals surface area contributed by atoms with Crippen LogP contribution in [0.4, 0.5) is 9.80 Å². The van der Waals surface area contributed by atoms with Crippen molar-refractivity contribution in [2.24, 2.45) is 0 Å². The van der Waals surface area contributed by atoms with Gasteiger partial charge in [0.25, 0.3) is 0 Å². The number of carboxylic acids is 1. The van der Waals surface area contributed by atoms with Gasteiger partial charge < -0.3 is 10.4 Å². The number of rotatable bonds is 7. The SMILES string of the molecule is O=C(O)CCCCCNC(=O)Nc1cnns1. The van der Waals surface area contributed by atoms with Gasteiger partial charge in [0.1, 0.15) is 5.00 Å². The Morgan fingerprint density at radius 2 is 2.18 bits per heavy atom. The lowest BCUT2D eigenvalue weighted by Gasteiger charge is -2.04. The van der Waals surface area contributed by atoms with Crippen molar-refractivity contribution in [3.63, 3.8) is 0 Å². The Morgan fingerprint density at radius 3 is 2.82 bits per heavy atom. The quantitative estimate of drug-likeness (QED) is 0.639. The van der Waals surface area contributed by atoms with Crippen LogP contribution in [0, 0.1) is 0 Å². The molecule has 0 fully saturated rings. The van der Waals surface area contributed by atoms with Crippen LogP contribution in [0.15, 0.2) is 6.20 Å². The van der Waals surface area contributed by atoms with Crippen LogP contribution < -0.4 is 10.6 Å². The molecule has 1 rings (SSSR count). The van der Waals surface area contributed by atoms with Crippen LogP contribution in [0.3, 0.4) is 0 Å². The zero-order valence-corrected chi connectivity index (χ0v) is 10.00. The monoisotopic (exact) mass is 258 g/mol. The molecule has 0 radical (unpaired) electrons. The fourth-order valence-corrected chi connectivity index (χ4v) is 1.57. The number of nitrogens with one attached hydrogen (secondary N) is 2. The second-order valence-corrected chi connectivity index (χ2v) is 4.15. The second-order valence-electron chi connectivity index (χ2n) is 3.37. The molecule has 0 saturated heterocycles. The highest BCUT2D eigenvalue weighted by atomic mass is 32.1. The van der Waals surface area contributed by atoms with E-state index in [1.807, 2.05) is 0 Å². The highest BCUT2D eigenvalue weighted by Crippen LogP contribution is 2.08. The molecular weight excluding hydrogens is 244 g/mol. The van der Waals surface area contributed by atoms with Gasteiger partial charge in [-0.15, -0.1) is 5.10 Å². The number of hydrogen-bond acceptors (Lipinski definition) is 5. The minimum Gasteiger partial charge on any atom is -0.481 e. The van der Waals surface area contributed by atoms with Gasteiger partial charge in [0.15, 0.2) is 0 Å². The summed E-state index contributed by atoms with van der Waals surface area (Å²) in [6.07, 6.45) is 3.84. The third-order valence-corrected chi connectivity index (χ3v) is 2.53. The van der Waals surface area contributed by atoms with Crippen molar-refractivity contribution in [2.45, 2.75) is 25.7 Å². The molecule has 94 valence electrons. The van der Waals surface area contributed by atoms with Crippen molar-refractivity contribution in [1.29, 1.82) is 0 Å². The normalized spacial score (nSPS) is 9.88. The zero-order valence-electron chi connectivity index (χ0n) is 9.18. The van der Waals surface area contributed by atoms with Gasteiger partial charge in [-0.05, 0) is 12.8 Å². The molecule has 8 heteroatoms. The third kappa shape index (κ3) is 6.46. The molecule has 0 atom stereocenters. The van der Waals surface area contributed by atoms with Crippen molar-refractivity contribution in [3.05, 3.63) is 6.20 Å². The molecule has 0 saturated carbocycles. The average Bonchev–Trinajstić information content (AvgIpc) is 2.75. The van der Waals surface area contributed by atoms with E-state index in [4.69, 9.17) is 5.11 Å². The van der Waals surface area contributed by atoms with Crippen LogP contribution in [0.25, 0.3) is 0 Å². The Balaban J connectivity index is 1.99. The molecule has 0 aromatic carbocycles. The summed E-state index contributed by atoms with van der Waals surface area (Å²) in [5.74, 6) is -0.784. The lowest BCUT2D eigenvalue weighted by molar-refractivity contribution is -0.137. The molecule has 3 N–H and O–H groups in total. The van der Waals surface area contributed by atoms with Crippen LogP contribution in [0.2, 0.25) is 0 Å². The summed E-state index contributed by atoms with van der Waals surface area (Å²) >= 11 is 1.10. The van der Waals surface area contributed by atoms with Crippen LogP contribution in [0.1, 0.15) is 25.7 Å². The summed E-state index contributed by atoms with van der Waals surface area (Å²) < 4.78 is 3.61. The molecule has 7 nitrogen and oxygen atoms in total. The van der Waals surface area contributed by atoms with E-state index in [9.17, 15) is 9.59 Å². The molecule has 0 unspecified atom stereocenters. The Labute approximate surface area is 102 Å². The molecular formula is C9H14N4O3S. The van der Waals surface area contributed by atoms with Gasteiger partial charge in [0, 0.05) is 24.5 Å². The van der Waals surface area contributed by atoms with Crippen molar-refractivity contribution >= 4 is 28.5 Å². The van der Waals surface area contributed by atoms with Crippen molar-refractivity contribution in [3.8, 4) is 0 Å². The summed E-state index contributed by atoms with van der Waals surface area (Å²) in [5, 5.41) is 17.8. The summed E-state index contributed by atoms with van der Waals surface area (Å²) in [6, 6.07) is -0.297. The van der Waals surface area contributed by atoms with Crippen molar-refractivity contribution in [2.75, 3.05) is 11.9 Å². The van der Waals surface area contributed by atoms with Gasteiger partial charge in [-0.25, -0.2) is 4.79 Å². The first-order chi connectivity index (χ1) is 8.18. The van der Waals surface area contributed by atoms with Crippen molar-refractivity contribution < 1.29 is 14.7 Å². The maximum atomic E-state index is 11.3. The number of carbonyl (C=O) groups is 2. The van der Waals surface area contributed by atoms with E-state index in [0.717, 1.165) is 24.4 Å². The number of aliphatic carboxylic acids is 1. The molecule has 0 aliphatic heterocycles. The highest BCUT2D eigenvalue weighted by molar-refractivity contribution is 7.10. The Morgan fingerprint density at radius 1 is 1.35 bits per heavy atom. The van der Waals surface area contributed by atoms with E-state index in [1.165, 1.54) is 6.20 Å². The second kappa shape index (κ2) is 7.55. The van der Waals surface area contributed by atoms with E-state index < -0.39 is 5.97 Å². The number of carbonyl (C=O) groups excluding carboxylic acids is 1. The molecule has 1 aromatic heterocycles. The van der Waals surface area contributed by atoms with E-state index in [2.05, 4.69) is 20.2 Å². The molecule has 0 bridgehead atoms. The number of carboxylic acid groups (broad SMARTS) is 1. The summed E-state index contributed by atoms with van der Waals surface area (Å²) in [5.41, 5.74) is 0. The molecule has 2 amide bonds. The Bertz CT molecular complexity index is 355. The minimum absolute atomic E-state index is 0.179. The average molecular weight is 258 g/mol. The Hall–Kier alpha value is -1.70. The number of nitrogens with zero attached hydrogens (tertiary/aromatic N) is 2. The zero-order chi connectivity index (χ0) is 12.5. The van der Waals surface area contributed by atoms with E-state index in [1.54, 1.807) is 0 Å². The molecule has 1 aromatic rings. The van der Waals surface area contributed by atoms with Crippen molar-refractivity contribution in [1.82, 2.24) is 14.9 Å². The first kappa shape index (κ1) is 13.4. The predicted molar refractivity (Wildman–Crippen MR) is 63.0 cm³/mol. The Kier molecular flexibility index (Phi) is 5.94. The summed E-state index contributed by atoms with van der Waals surface area (Å²) in [7, 11) is 0. The van der Waals surface area contributed by atoms with Crippen LogP contribution in [-0.2, 0) is 4.79 Å². The number of amides is 2. The summed E-state index contributed by atoms with van der Waals surface area (Å²) in [6.45, 7) is 0.525. The molecule has 1 heterocycles. The lowest BCUT2D eigenvalue weighted by Crippen LogP contribution is -2.29. The predicted octanol–water partition coefficient (Wildman–Crippen LogP) is 1.30.